The Bertz CT molecular complexity index is 548. The zero-order valence-electron chi connectivity index (χ0n) is 10.4. The number of nitrogens with two attached hydrogens (primary N) is 1. The highest BCUT2D eigenvalue weighted by Gasteiger charge is 2.11. The van der Waals surface area contributed by atoms with Gasteiger partial charge in [0.2, 0.25) is 0 Å². The number of aryl methyl sites for hydroxylation is 1. The van der Waals surface area contributed by atoms with Crippen molar-refractivity contribution >= 4 is 17.0 Å². The van der Waals surface area contributed by atoms with E-state index in [0.29, 0.717) is 25.9 Å². The number of imidazole rings is 1. The summed E-state index contributed by atoms with van der Waals surface area (Å²) in [5.41, 5.74) is 7.56. The zero-order valence-corrected chi connectivity index (χ0v) is 10.4. The summed E-state index contributed by atoms with van der Waals surface area (Å²) in [7, 11) is 1.40. The topological polar surface area (TPSA) is 70.1 Å². The molecule has 2 N–H and O–H groups in total. The number of ether oxygens (including phenoxy) is 1. The van der Waals surface area contributed by atoms with Crippen LogP contribution in [0.15, 0.2) is 24.3 Å². The SMILES string of the molecule is COC(=O)CCn1c(CCN)nc2ccccc21. The predicted molar refractivity (Wildman–Crippen MR) is 69.1 cm³/mol. The van der Waals surface area contributed by atoms with E-state index in [1.165, 1.54) is 7.11 Å². The van der Waals surface area contributed by atoms with Gasteiger partial charge in [-0.05, 0) is 18.7 Å². The molecule has 96 valence electrons. The number of methoxy groups -OCH3 is 1. The largest absolute Gasteiger partial charge is 0.469 e. The molecule has 0 radical (unpaired) electrons. The van der Waals surface area contributed by atoms with Gasteiger partial charge in [-0.25, -0.2) is 4.98 Å². The molecule has 0 aliphatic carbocycles. The molecule has 0 saturated heterocycles. The van der Waals surface area contributed by atoms with Crippen molar-refractivity contribution in [1.82, 2.24) is 9.55 Å². The summed E-state index contributed by atoms with van der Waals surface area (Å²) in [4.78, 5) is 15.8. The fraction of sp³-hybridized carbons (Fsp3) is 0.385. The van der Waals surface area contributed by atoms with Crippen LogP contribution in [0.2, 0.25) is 0 Å². The maximum Gasteiger partial charge on any atom is 0.307 e. The number of carbonyl (C=O) groups is 1. The third-order valence-electron chi connectivity index (χ3n) is 2.87. The first-order valence-electron chi connectivity index (χ1n) is 5.97. The Morgan fingerprint density at radius 3 is 2.94 bits per heavy atom. The average Bonchev–Trinajstić information content (AvgIpc) is 2.74. The highest BCUT2D eigenvalue weighted by atomic mass is 16.5. The fourth-order valence-electron chi connectivity index (χ4n) is 2.00. The summed E-state index contributed by atoms with van der Waals surface area (Å²) in [5.74, 6) is 0.703. The molecule has 1 heterocycles. The summed E-state index contributed by atoms with van der Waals surface area (Å²) in [6.07, 6.45) is 1.05. The molecule has 1 aromatic heterocycles. The second-order valence-corrected chi connectivity index (χ2v) is 4.03. The van der Waals surface area contributed by atoms with E-state index in [9.17, 15) is 4.79 Å². The van der Waals surface area contributed by atoms with Crippen LogP contribution < -0.4 is 5.73 Å². The van der Waals surface area contributed by atoms with E-state index in [-0.39, 0.29) is 5.97 Å². The van der Waals surface area contributed by atoms with Gasteiger partial charge in [0, 0.05) is 13.0 Å². The van der Waals surface area contributed by atoms with Crippen LogP contribution in [0.4, 0.5) is 0 Å². The van der Waals surface area contributed by atoms with Crippen LogP contribution in [0.25, 0.3) is 11.0 Å². The van der Waals surface area contributed by atoms with Crippen molar-refractivity contribution in [3.8, 4) is 0 Å². The molecule has 0 amide bonds. The number of fused-ring (bicyclic) bond motifs is 1. The molecular formula is C13H17N3O2. The van der Waals surface area contributed by atoms with Crippen LogP contribution in [0, 0.1) is 0 Å². The lowest BCUT2D eigenvalue weighted by Crippen LogP contribution is -2.13. The van der Waals surface area contributed by atoms with E-state index < -0.39 is 0 Å². The Hall–Kier alpha value is -1.88. The smallest absolute Gasteiger partial charge is 0.307 e. The molecule has 1 aromatic carbocycles. The van der Waals surface area contributed by atoms with Crippen molar-refractivity contribution in [3.63, 3.8) is 0 Å². The van der Waals surface area contributed by atoms with Gasteiger partial charge in [0.05, 0.1) is 24.6 Å². The third-order valence-corrected chi connectivity index (χ3v) is 2.87. The monoisotopic (exact) mass is 247 g/mol. The van der Waals surface area contributed by atoms with Gasteiger partial charge in [0.25, 0.3) is 0 Å². The van der Waals surface area contributed by atoms with Crippen LogP contribution in [-0.4, -0.2) is 29.2 Å². The van der Waals surface area contributed by atoms with Crippen LogP contribution in [0.5, 0.6) is 0 Å². The van der Waals surface area contributed by atoms with Crippen LogP contribution in [-0.2, 0) is 22.5 Å². The lowest BCUT2D eigenvalue weighted by Gasteiger charge is -2.07. The molecule has 0 fully saturated rings. The number of para-hydroxylation sites is 2. The standard InChI is InChI=1S/C13H17N3O2/c1-18-13(17)7-9-16-11-5-3-2-4-10(11)15-12(16)6-8-14/h2-5H,6-9,14H2,1H3. The molecule has 0 aliphatic heterocycles. The molecule has 0 saturated carbocycles. The Morgan fingerprint density at radius 1 is 1.44 bits per heavy atom. The molecule has 0 unspecified atom stereocenters. The van der Waals surface area contributed by atoms with Gasteiger partial charge in [0.1, 0.15) is 5.82 Å². The van der Waals surface area contributed by atoms with Crippen molar-refractivity contribution in [2.75, 3.05) is 13.7 Å². The summed E-state index contributed by atoms with van der Waals surface area (Å²) in [6.45, 7) is 1.12. The molecule has 0 spiro atoms. The highest BCUT2D eigenvalue weighted by molar-refractivity contribution is 5.76. The molecule has 5 nitrogen and oxygen atoms in total. The fourth-order valence-corrected chi connectivity index (χ4v) is 2.00. The van der Waals surface area contributed by atoms with Crippen molar-refractivity contribution in [2.24, 2.45) is 5.73 Å². The number of hydrogen-bond donors (Lipinski definition) is 1. The van der Waals surface area contributed by atoms with Crippen LogP contribution >= 0.6 is 0 Å². The molecule has 2 rings (SSSR count). The molecule has 18 heavy (non-hydrogen) atoms. The maximum absolute atomic E-state index is 11.2. The van der Waals surface area contributed by atoms with Crippen molar-refractivity contribution in [2.45, 2.75) is 19.4 Å². The van der Waals surface area contributed by atoms with Gasteiger partial charge >= 0.3 is 5.97 Å². The second-order valence-electron chi connectivity index (χ2n) is 4.03. The number of benzene rings is 1. The molecule has 5 heteroatoms. The summed E-state index contributed by atoms with van der Waals surface area (Å²) in [6, 6.07) is 7.88. The predicted octanol–water partition coefficient (Wildman–Crippen LogP) is 1.10. The summed E-state index contributed by atoms with van der Waals surface area (Å²) >= 11 is 0. The highest BCUT2D eigenvalue weighted by Crippen LogP contribution is 2.16. The van der Waals surface area contributed by atoms with Gasteiger partial charge in [-0.2, -0.15) is 0 Å². The zero-order chi connectivity index (χ0) is 13.0. The van der Waals surface area contributed by atoms with Crippen LogP contribution in [0.3, 0.4) is 0 Å². The van der Waals surface area contributed by atoms with Gasteiger partial charge in [-0.1, -0.05) is 12.1 Å². The average molecular weight is 247 g/mol. The van der Waals surface area contributed by atoms with Gasteiger partial charge in [-0.3, -0.25) is 4.79 Å². The Morgan fingerprint density at radius 2 is 2.22 bits per heavy atom. The first-order valence-corrected chi connectivity index (χ1v) is 5.97. The number of hydrogen-bond acceptors (Lipinski definition) is 4. The normalized spacial score (nSPS) is 10.8. The number of aromatic nitrogens is 2. The molecule has 0 aliphatic rings. The maximum atomic E-state index is 11.2. The van der Waals surface area contributed by atoms with Gasteiger partial charge in [-0.15, -0.1) is 0 Å². The summed E-state index contributed by atoms with van der Waals surface area (Å²) in [5, 5.41) is 0. The number of esters is 1. The third kappa shape index (κ3) is 2.51. The minimum Gasteiger partial charge on any atom is -0.469 e. The van der Waals surface area contributed by atoms with E-state index in [2.05, 4.69) is 9.72 Å². The molecule has 0 atom stereocenters. The molecular weight excluding hydrogens is 230 g/mol. The number of nitrogens with zero attached hydrogens (tertiary/aromatic N) is 2. The van der Waals surface area contributed by atoms with Gasteiger partial charge < -0.3 is 15.0 Å². The lowest BCUT2D eigenvalue weighted by atomic mass is 10.3. The van der Waals surface area contributed by atoms with Crippen LogP contribution in [0.1, 0.15) is 12.2 Å². The first kappa shape index (κ1) is 12.6. The van der Waals surface area contributed by atoms with Crippen molar-refractivity contribution in [3.05, 3.63) is 30.1 Å². The Balaban J connectivity index is 2.32. The first-order chi connectivity index (χ1) is 8.76. The van der Waals surface area contributed by atoms with Crippen molar-refractivity contribution in [1.29, 1.82) is 0 Å². The van der Waals surface area contributed by atoms with Crippen molar-refractivity contribution < 1.29 is 9.53 Å². The minimum atomic E-state index is -0.216. The van der Waals surface area contributed by atoms with E-state index in [1.807, 2.05) is 28.8 Å². The number of carbonyl (C=O) groups excluding carboxylic acids is 1. The molecule has 2 aromatic rings. The minimum absolute atomic E-state index is 0.216. The Kier molecular flexibility index (Phi) is 3.94. The van der Waals surface area contributed by atoms with Gasteiger partial charge in [0.15, 0.2) is 0 Å². The lowest BCUT2D eigenvalue weighted by molar-refractivity contribution is -0.140. The number of rotatable bonds is 5. The quantitative estimate of drug-likeness (QED) is 0.803. The summed E-state index contributed by atoms with van der Waals surface area (Å²) < 4.78 is 6.70. The van der Waals surface area contributed by atoms with E-state index >= 15 is 0 Å². The van der Waals surface area contributed by atoms with E-state index in [0.717, 1.165) is 16.9 Å². The second kappa shape index (κ2) is 5.64. The molecule has 0 bridgehead atoms. The van der Waals surface area contributed by atoms with E-state index in [1.54, 1.807) is 0 Å². The Labute approximate surface area is 106 Å². The van der Waals surface area contributed by atoms with E-state index in [4.69, 9.17) is 5.73 Å².